The Morgan fingerprint density at radius 1 is 1.26 bits per heavy atom. The molecule has 3 aromatic heterocycles. The quantitative estimate of drug-likeness (QED) is 0.404. The molecule has 0 spiro atoms. The van der Waals surface area contributed by atoms with Crippen molar-refractivity contribution in [2.45, 2.75) is 0 Å². The summed E-state index contributed by atoms with van der Waals surface area (Å²) in [6.45, 7) is 0. The van der Waals surface area contributed by atoms with E-state index in [2.05, 4.69) is 25.7 Å². The molecular formula is C17H14FN7O2. The average Bonchev–Trinajstić information content (AvgIpc) is 3.31. The molecule has 1 aromatic carbocycles. The minimum Gasteiger partial charge on any atom is -0.398 e. The van der Waals surface area contributed by atoms with E-state index >= 15 is 0 Å². The minimum atomic E-state index is -0.648. The van der Waals surface area contributed by atoms with Gasteiger partial charge in [-0.25, -0.2) is 4.39 Å². The average molecular weight is 367 g/mol. The number of fused-ring (bicyclic) bond motifs is 1. The number of halogens is 1. The Kier molecular flexibility index (Phi) is 3.73. The Bertz CT molecular complexity index is 1170. The van der Waals surface area contributed by atoms with Crippen molar-refractivity contribution in [1.29, 1.82) is 0 Å². The van der Waals surface area contributed by atoms with Gasteiger partial charge in [0.15, 0.2) is 11.4 Å². The lowest BCUT2D eigenvalue weighted by atomic mass is 10.00. The van der Waals surface area contributed by atoms with Gasteiger partial charge in [-0.2, -0.15) is 5.10 Å². The van der Waals surface area contributed by atoms with E-state index in [-0.39, 0.29) is 28.3 Å². The summed E-state index contributed by atoms with van der Waals surface area (Å²) in [6.07, 6.45) is 4.74. The number of aromatic nitrogens is 4. The largest absolute Gasteiger partial charge is 0.398 e. The van der Waals surface area contributed by atoms with E-state index in [1.807, 2.05) is 0 Å². The summed E-state index contributed by atoms with van der Waals surface area (Å²) in [6, 6.07) is 2.40. The molecule has 3 heterocycles. The van der Waals surface area contributed by atoms with Gasteiger partial charge < -0.3 is 21.3 Å². The van der Waals surface area contributed by atoms with Crippen LogP contribution in [-0.4, -0.2) is 33.3 Å². The van der Waals surface area contributed by atoms with Gasteiger partial charge in [-0.3, -0.25) is 14.9 Å². The number of amides is 1. The fraction of sp³-hybridized carbons (Fsp3) is 0.0588. The van der Waals surface area contributed by atoms with E-state index in [1.165, 1.54) is 19.3 Å². The Morgan fingerprint density at radius 2 is 2.07 bits per heavy atom. The number of H-pyrrole nitrogens is 1. The van der Waals surface area contributed by atoms with Crippen LogP contribution in [0.15, 0.2) is 35.2 Å². The van der Waals surface area contributed by atoms with Crippen LogP contribution in [0.1, 0.15) is 10.4 Å². The molecule has 0 aliphatic heterocycles. The van der Waals surface area contributed by atoms with Crippen LogP contribution in [0.5, 0.6) is 0 Å². The maximum absolute atomic E-state index is 14.7. The van der Waals surface area contributed by atoms with Gasteiger partial charge in [-0.05, 0) is 12.1 Å². The SMILES string of the molecule is CNC(=O)c1cc(-c2ncc(-c3cn[nH]c3)c3onc(N)c23)c(F)cc1N. The van der Waals surface area contributed by atoms with E-state index in [1.54, 1.807) is 12.4 Å². The second-order valence-corrected chi connectivity index (χ2v) is 5.78. The third-order valence-electron chi connectivity index (χ3n) is 4.20. The predicted octanol–water partition coefficient (Wildman–Crippen LogP) is 1.94. The Morgan fingerprint density at radius 3 is 2.78 bits per heavy atom. The Hall–Kier alpha value is -3.95. The lowest BCUT2D eigenvalue weighted by molar-refractivity contribution is 0.0964. The van der Waals surface area contributed by atoms with E-state index < -0.39 is 11.7 Å². The fourth-order valence-corrected chi connectivity index (χ4v) is 2.88. The third-order valence-corrected chi connectivity index (χ3v) is 4.20. The summed E-state index contributed by atoms with van der Waals surface area (Å²) in [7, 11) is 1.46. The Balaban J connectivity index is 2.00. The van der Waals surface area contributed by atoms with Gasteiger partial charge in [0, 0.05) is 41.8 Å². The molecule has 1 amide bonds. The molecule has 0 radical (unpaired) electrons. The maximum atomic E-state index is 14.7. The number of hydrogen-bond donors (Lipinski definition) is 4. The molecule has 0 aliphatic carbocycles. The molecule has 136 valence electrons. The zero-order valence-corrected chi connectivity index (χ0v) is 14.1. The number of nitrogens with zero attached hydrogens (tertiary/aromatic N) is 3. The molecule has 0 saturated carbocycles. The van der Waals surface area contributed by atoms with Crippen LogP contribution >= 0.6 is 0 Å². The van der Waals surface area contributed by atoms with Crippen molar-refractivity contribution in [2.75, 3.05) is 18.5 Å². The first kappa shape index (κ1) is 16.5. The molecule has 0 fully saturated rings. The van der Waals surface area contributed by atoms with Crippen molar-refractivity contribution < 1.29 is 13.7 Å². The van der Waals surface area contributed by atoms with Crippen LogP contribution in [0.3, 0.4) is 0 Å². The van der Waals surface area contributed by atoms with E-state index in [9.17, 15) is 9.18 Å². The molecule has 0 atom stereocenters. The number of rotatable bonds is 3. The predicted molar refractivity (Wildman–Crippen MR) is 97.0 cm³/mol. The van der Waals surface area contributed by atoms with Gasteiger partial charge in [0.1, 0.15) is 5.82 Å². The first-order chi connectivity index (χ1) is 13.0. The number of aromatic amines is 1. The van der Waals surface area contributed by atoms with Crippen molar-refractivity contribution in [3.8, 4) is 22.4 Å². The number of nitrogen functional groups attached to an aromatic ring is 2. The monoisotopic (exact) mass is 367 g/mol. The molecule has 0 bridgehead atoms. The number of carbonyl (C=O) groups is 1. The highest BCUT2D eigenvalue weighted by molar-refractivity contribution is 6.06. The molecule has 6 N–H and O–H groups in total. The first-order valence-corrected chi connectivity index (χ1v) is 7.85. The van der Waals surface area contributed by atoms with Crippen LogP contribution in [0.25, 0.3) is 33.4 Å². The summed E-state index contributed by atoms with van der Waals surface area (Å²) in [4.78, 5) is 16.4. The normalized spacial score (nSPS) is 11.0. The van der Waals surface area contributed by atoms with Gasteiger partial charge in [-0.15, -0.1) is 0 Å². The number of carbonyl (C=O) groups excluding carboxylic acids is 1. The summed E-state index contributed by atoms with van der Waals surface area (Å²) in [5.74, 6) is -1.04. The van der Waals surface area contributed by atoms with Crippen molar-refractivity contribution in [3.63, 3.8) is 0 Å². The third kappa shape index (κ3) is 2.54. The molecular weight excluding hydrogens is 353 g/mol. The number of hydrogen-bond acceptors (Lipinski definition) is 7. The van der Waals surface area contributed by atoms with Crippen LogP contribution in [0.2, 0.25) is 0 Å². The summed E-state index contributed by atoms with van der Waals surface area (Å²) < 4.78 is 20.0. The number of nitrogens with two attached hydrogens (primary N) is 2. The van der Waals surface area contributed by atoms with Crippen molar-refractivity contribution in [2.24, 2.45) is 0 Å². The molecule has 0 aliphatic rings. The van der Waals surface area contributed by atoms with Crippen LogP contribution < -0.4 is 16.8 Å². The van der Waals surface area contributed by atoms with Crippen LogP contribution in [-0.2, 0) is 0 Å². The highest BCUT2D eigenvalue weighted by atomic mass is 19.1. The molecule has 4 aromatic rings. The van der Waals surface area contributed by atoms with Crippen molar-refractivity contribution >= 4 is 28.4 Å². The molecule has 10 heteroatoms. The number of anilines is 2. The van der Waals surface area contributed by atoms with Gasteiger partial charge in [-0.1, -0.05) is 5.16 Å². The lowest BCUT2D eigenvalue weighted by Gasteiger charge is -2.10. The Labute approximate surface area is 151 Å². The van der Waals surface area contributed by atoms with Gasteiger partial charge in [0.2, 0.25) is 0 Å². The van der Waals surface area contributed by atoms with Gasteiger partial charge in [0.25, 0.3) is 5.91 Å². The van der Waals surface area contributed by atoms with Crippen molar-refractivity contribution in [3.05, 3.63) is 42.1 Å². The molecule has 4 rings (SSSR count). The van der Waals surface area contributed by atoms with Crippen LogP contribution in [0, 0.1) is 5.82 Å². The zero-order chi connectivity index (χ0) is 19.1. The van der Waals surface area contributed by atoms with E-state index in [4.69, 9.17) is 16.0 Å². The van der Waals surface area contributed by atoms with E-state index in [0.29, 0.717) is 22.1 Å². The second-order valence-electron chi connectivity index (χ2n) is 5.78. The summed E-state index contributed by atoms with van der Waals surface area (Å²) >= 11 is 0. The molecule has 9 nitrogen and oxygen atoms in total. The van der Waals surface area contributed by atoms with E-state index in [0.717, 1.165) is 6.07 Å². The highest BCUT2D eigenvalue weighted by Crippen LogP contribution is 2.38. The highest BCUT2D eigenvalue weighted by Gasteiger charge is 2.22. The molecule has 0 saturated heterocycles. The zero-order valence-electron chi connectivity index (χ0n) is 14.1. The lowest BCUT2D eigenvalue weighted by Crippen LogP contribution is -2.19. The number of pyridine rings is 1. The van der Waals surface area contributed by atoms with Gasteiger partial charge in [0.05, 0.1) is 22.8 Å². The maximum Gasteiger partial charge on any atom is 0.253 e. The number of benzene rings is 1. The summed E-state index contributed by atoms with van der Waals surface area (Å²) in [5, 5.41) is 13.2. The molecule has 27 heavy (non-hydrogen) atoms. The second kappa shape index (κ2) is 6.09. The topological polar surface area (TPSA) is 149 Å². The standard InChI is InChI=1S/C17H14FN7O2/c1-21-17(26)9-2-8(11(18)3-12(9)19)14-13-15(27-25-16(13)20)10(6-22-14)7-4-23-24-5-7/h2-6H,19H2,1H3,(H2,20,25)(H,21,26)(H,23,24). The minimum absolute atomic E-state index is 0.0140. The fourth-order valence-electron chi connectivity index (χ4n) is 2.88. The van der Waals surface area contributed by atoms with Gasteiger partial charge >= 0.3 is 0 Å². The molecule has 0 unspecified atom stereocenters. The summed E-state index contributed by atoms with van der Waals surface area (Å²) in [5.41, 5.74) is 13.7. The smallest absolute Gasteiger partial charge is 0.253 e. The number of nitrogens with one attached hydrogen (secondary N) is 2. The first-order valence-electron chi connectivity index (χ1n) is 7.85. The van der Waals surface area contributed by atoms with Crippen LogP contribution in [0.4, 0.5) is 15.9 Å². The van der Waals surface area contributed by atoms with Crippen molar-refractivity contribution in [1.82, 2.24) is 25.7 Å².